The molecule has 0 saturated heterocycles. The highest BCUT2D eigenvalue weighted by molar-refractivity contribution is 6.01. The molecule has 1 aromatic heterocycles. The van der Waals surface area contributed by atoms with Gasteiger partial charge < -0.3 is 14.2 Å². The van der Waals surface area contributed by atoms with Crippen LogP contribution in [-0.2, 0) is 0 Å². The van der Waals surface area contributed by atoms with Gasteiger partial charge in [-0.25, -0.2) is 0 Å². The molecule has 2 aliphatic rings. The van der Waals surface area contributed by atoms with Crippen LogP contribution in [0.3, 0.4) is 0 Å². The minimum Gasteiger partial charge on any atom is -0.485 e. The Kier molecular flexibility index (Phi) is 7.96. The average molecular weight is 731 g/mol. The predicted molar refractivity (Wildman–Crippen MR) is 235 cm³/mol. The first kappa shape index (κ1) is 33.0. The third kappa shape index (κ3) is 5.50. The van der Waals surface area contributed by atoms with Crippen molar-refractivity contribution in [2.75, 3.05) is 4.90 Å². The number of aromatic nitrogens is 1. The third-order valence-corrected chi connectivity index (χ3v) is 11.5. The second-order valence-corrected chi connectivity index (χ2v) is 14.8. The highest BCUT2D eigenvalue weighted by Gasteiger charge is 2.42. The predicted octanol–water partition coefficient (Wildman–Crippen LogP) is 11.9. The molecule has 8 aromatic carbocycles. The van der Waals surface area contributed by atoms with Crippen LogP contribution in [0.2, 0.25) is 0 Å². The first-order chi connectivity index (χ1) is 28.3. The van der Waals surface area contributed by atoms with Crippen molar-refractivity contribution < 1.29 is 4.74 Å². The summed E-state index contributed by atoms with van der Waals surface area (Å²) in [4.78, 5) is 2.54. The molecule has 9 aromatic rings. The molecule has 0 saturated carbocycles. The Morgan fingerprint density at radius 2 is 1.02 bits per heavy atom. The number of nitrogens with zero attached hydrogens (tertiary/aromatic N) is 2. The maximum atomic E-state index is 7.00. The molecule has 2 heterocycles. The molecule has 11 rings (SSSR count). The molecule has 0 amide bonds. The van der Waals surface area contributed by atoms with Gasteiger partial charge in [0.15, 0.2) is 0 Å². The third-order valence-electron chi connectivity index (χ3n) is 11.5. The first-order valence-electron chi connectivity index (χ1n) is 19.7. The first-order valence-corrected chi connectivity index (χ1v) is 19.7. The molecule has 0 fully saturated rings. The van der Waals surface area contributed by atoms with Crippen molar-refractivity contribution >= 4 is 34.1 Å². The van der Waals surface area contributed by atoms with Crippen LogP contribution in [0.5, 0.6) is 5.75 Å². The second-order valence-electron chi connectivity index (χ2n) is 14.8. The molecule has 2 unspecified atom stereocenters. The fraction of sp³-hybridized carbons (Fsp3) is 0.0370. The molecule has 3 nitrogen and oxygen atoms in total. The molecule has 0 spiro atoms. The van der Waals surface area contributed by atoms with Crippen LogP contribution >= 0.6 is 0 Å². The van der Waals surface area contributed by atoms with Crippen LogP contribution in [0.1, 0.15) is 11.5 Å². The lowest BCUT2D eigenvalue weighted by Crippen LogP contribution is -2.44. The van der Waals surface area contributed by atoms with E-state index in [1.54, 1.807) is 0 Å². The quantitative estimate of drug-likeness (QED) is 0.162. The molecule has 57 heavy (non-hydrogen) atoms. The number of hydrogen-bond acceptors (Lipinski definition) is 2. The van der Waals surface area contributed by atoms with Gasteiger partial charge in [-0.05, 0) is 64.7 Å². The van der Waals surface area contributed by atoms with Crippen molar-refractivity contribution in [1.29, 1.82) is 0 Å². The summed E-state index contributed by atoms with van der Waals surface area (Å²) in [5, 5.41) is 3.54. The molecule has 270 valence electrons. The Labute approximate surface area is 332 Å². The van der Waals surface area contributed by atoms with Gasteiger partial charge in [0.25, 0.3) is 0 Å². The Hall–Kier alpha value is -7.36. The van der Waals surface area contributed by atoms with Gasteiger partial charge in [-0.15, -0.1) is 0 Å². The lowest BCUT2D eigenvalue weighted by atomic mass is 9.85. The van der Waals surface area contributed by atoms with Crippen LogP contribution in [0.25, 0.3) is 61.7 Å². The van der Waals surface area contributed by atoms with Crippen molar-refractivity contribution in [3.63, 3.8) is 0 Å². The van der Waals surface area contributed by atoms with Crippen LogP contribution in [0.4, 0.5) is 11.4 Å². The molecule has 0 bridgehead atoms. The molecule has 1 aliphatic carbocycles. The van der Waals surface area contributed by atoms with E-state index in [0.29, 0.717) is 0 Å². The summed E-state index contributed by atoms with van der Waals surface area (Å²) >= 11 is 0. The molecule has 3 heteroatoms. The Balaban J connectivity index is 1.31. The maximum Gasteiger partial charge on any atom is 0.132 e. The summed E-state index contributed by atoms with van der Waals surface area (Å²) in [6.07, 6.45) is 2.15. The summed E-state index contributed by atoms with van der Waals surface area (Å²) in [7, 11) is 0. The SMILES string of the molecule is C1=c2c(c3cccc(-c4ccccc4)c3n2-c2ccccc2)=C(N(c2ccc(-c3ccccc3)cc2)c2ccccc2-c2ccccc2)C2c3ccccc3OC12. The molecule has 0 radical (unpaired) electrons. The molecular formula is C54H38N2O. The fourth-order valence-electron chi connectivity index (χ4n) is 9.08. The highest BCUT2D eigenvalue weighted by atomic mass is 16.5. The zero-order valence-electron chi connectivity index (χ0n) is 31.2. The van der Waals surface area contributed by atoms with Crippen LogP contribution in [0, 0.1) is 0 Å². The summed E-state index contributed by atoms with van der Waals surface area (Å²) in [5.74, 6) is 0.851. The van der Waals surface area contributed by atoms with E-state index in [0.717, 1.165) is 33.7 Å². The van der Waals surface area contributed by atoms with Crippen molar-refractivity contribution in [2.24, 2.45) is 0 Å². The van der Waals surface area contributed by atoms with E-state index < -0.39 is 0 Å². The Bertz CT molecular complexity index is 3030. The van der Waals surface area contributed by atoms with Gasteiger partial charge in [-0.3, -0.25) is 0 Å². The monoisotopic (exact) mass is 730 g/mol. The van der Waals surface area contributed by atoms with E-state index in [2.05, 4.69) is 228 Å². The summed E-state index contributed by atoms with van der Waals surface area (Å²) in [6, 6.07) is 76.3. The largest absolute Gasteiger partial charge is 0.485 e. The second kappa shape index (κ2) is 13.7. The normalized spacial score (nSPS) is 15.3. The highest BCUT2D eigenvalue weighted by Crippen LogP contribution is 2.50. The number of rotatable bonds is 7. The number of anilines is 2. The Morgan fingerprint density at radius 3 is 1.74 bits per heavy atom. The zero-order chi connectivity index (χ0) is 37.7. The van der Waals surface area contributed by atoms with E-state index in [4.69, 9.17) is 4.74 Å². The number of benzene rings is 8. The molecule has 1 aliphatic heterocycles. The topological polar surface area (TPSA) is 17.4 Å². The van der Waals surface area contributed by atoms with Crippen molar-refractivity contribution in [3.05, 3.63) is 228 Å². The van der Waals surface area contributed by atoms with E-state index in [-0.39, 0.29) is 12.0 Å². The fourth-order valence-corrected chi connectivity index (χ4v) is 9.08. The minimum atomic E-state index is -0.230. The lowest BCUT2D eigenvalue weighted by Gasteiger charge is -2.35. The standard InChI is InChI=1S/C54H38N2O/c1-5-18-37(19-6-1)38-32-34-42(35-33-38)55(47-30-15-13-26-43(47)39-20-7-2-8-21-39)54-51-46-29-17-28-44(40-22-9-3-10-23-40)53(46)56(41-24-11-4-12-25-41)48(51)36-50-52(54)45-27-14-16-31-49(45)57-50/h1-36,50,52H. The van der Waals surface area contributed by atoms with Crippen molar-refractivity contribution in [1.82, 2.24) is 4.57 Å². The van der Waals surface area contributed by atoms with Gasteiger partial charge in [-0.2, -0.15) is 0 Å². The zero-order valence-corrected chi connectivity index (χ0v) is 31.2. The van der Waals surface area contributed by atoms with Gasteiger partial charge in [0.2, 0.25) is 0 Å². The summed E-state index contributed by atoms with van der Waals surface area (Å²) in [6.45, 7) is 0. The number of ether oxygens (including phenoxy) is 1. The number of fused-ring (bicyclic) bond motifs is 6. The smallest absolute Gasteiger partial charge is 0.132 e. The van der Waals surface area contributed by atoms with Gasteiger partial charge in [0.1, 0.15) is 11.9 Å². The number of hydrogen-bond donors (Lipinski definition) is 0. The van der Waals surface area contributed by atoms with Crippen molar-refractivity contribution in [3.8, 4) is 44.8 Å². The van der Waals surface area contributed by atoms with E-state index in [1.165, 1.54) is 55.2 Å². The summed E-state index contributed by atoms with van der Waals surface area (Å²) in [5.41, 5.74) is 14.0. The molecule has 0 N–H and O–H groups in total. The van der Waals surface area contributed by atoms with Gasteiger partial charge in [-0.1, -0.05) is 176 Å². The van der Waals surface area contributed by atoms with Crippen molar-refractivity contribution in [2.45, 2.75) is 12.0 Å². The van der Waals surface area contributed by atoms with Gasteiger partial charge in [0, 0.05) is 44.4 Å². The van der Waals surface area contributed by atoms with Gasteiger partial charge >= 0.3 is 0 Å². The van der Waals surface area contributed by atoms with Crippen LogP contribution in [0.15, 0.2) is 212 Å². The average Bonchev–Trinajstić information content (AvgIpc) is 3.83. The van der Waals surface area contributed by atoms with E-state index in [1.807, 2.05) is 0 Å². The number of para-hydroxylation sites is 4. The Morgan fingerprint density at radius 1 is 0.456 bits per heavy atom. The maximum absolute atomic E-state index is 7.00. The van der Waals surface area contributed by atoms with E-state index >= 15 is 0 Å². The van der Waals surface area contributed by atoms with Crippen LogP contribution in [-0.4, -0.2) is 10.7 Å². The minimum absolute atomic E-state index is 0.0819. The van der Waals surface area contributed by atoms with Gasteiger partial charge in [0.05, 0.1) is 22.5 Å². The molecular weight excluding hydrogens is 693 g/mol. The molecule has 2 atom stereocenters. The van der Waals surface area contributed by atoms with Crippen LogP contribution < -0.4 is 20.2 Å². The van der Waals surface area contributed by atoms with E-state index in [9.17, 15) is 0 Å². The lowest BCUT2D eigenvalue weighted by molar-refractivity contribution is 0.285. The summed E-state index contributed by atoms with van der Waals surface area (Å²) < 4.78 is 9.46.